The van der Waals surface area contributed by atoms with Gasteiger partial charge in [0.05, 0.1) is 7.11 Å². The molecule has 0 fully saturated rings. The van der Waals surface area contributed by atoms with Crippen molar-refractivity contribution in [2.75, 3.05) is 13.7 Å². The number of methoxy groups -OCH3 is 1. The second-order valence-corrected chi connectivity index (χ2v) is 6.89. The van der Waals surface area contributed by atoms with E-state index in [1.165, 1.54) is 15.3 Å². The summed E-state index contributed by atoms with van der Waals surface area (Å²) in [5.41, 5.74) is 1.27. The molecule has 2 nitrogen and oxygen atoms in total. The number of benzene rings is 1. The number of halogens is 1. The van der Waals surface area contributed by atoms with E-state index in [2.05, 4.69) is 59.4 Å². The summed E-state index contributed by atoms with van der Waals surface area (Å²) >= 11 is 5.50. The molecule has 1 unspecified atom stereocenters. The van der Waals surface area contributed by atoms with Crippen molar-refractivity contribution < 1.29 is 4.74 Å². The van der Waals surface area contributed by atoms with E-state index in [-0.39, 0.29) is 0 Å². The molecule has 1 aromatic heterocycles. The Morgan fingerprint density at radius 3 is 2.70 bits per heavy atom. The second-order valence-electron chi connectivity index (χ2n) is 4.72. The number of nitrogens with one attached hydrogen (secondary N) is 1. The Labute approximate surface area is 133 Å². The largest absolute Gasteiger partial charge is 0.497 e. The number of hydrogen-bond donors (Lipinski definition) is 1. The van der Waals surface area contributed by atoms with Gasteiger partial charge in [0.15, 0.2) is 0 Å². The van der Waals surface area contributed by atoms with Crippen LogP contribution in [0.4, 0.5) is 0 Å². The monoisotopic (exact) mass is 353 g/mol. The van der Waals surface area contributed by atoms with Gasteiger partial charge >= 0.3 is 0 Å². The van der Waals surface area contributed by atoms with E-state index in [0.29, 0.717) is 6.04 Å². The second kappa shape index (κ2) is 7.25. The van der Waals surface area contributed by atoms with Crippen LogP contribution in [0.2, 0.25) is 0 Å². The lowest BCUT2D eigenvalue weighted by Crippen LogP contribution is -2.22. The van der Waals surface area contributed by atoms with Crippen molar-refractivity contribution >= 4 is 27.3 Å². The predicted molar refractivity (Wildman–Crippen MR) is 89.9 cm³/mol. The zero-order chi connectivity index (χ0) is 14.5. The molecule has 1 atom stereocenters. The summed E-state index contributed by atoms with van der Waals surface area (Å²) in [5.74, 6) is 0.904. The van der Waals surface area contributed by atoms with Gasteiger partial charge in [-0.05, 0) is 55.8 Å². The highest BCUT2D eigenvalue weighted by Gasteiger charge is 2.15. The SMILES string of the molecule is CCNC(Cc1cc(OC)ccc1Br)c1ccc(C)s1. The van der Waals surface area contributed by atoms with E-state index in [0.717, 1.165) is 23.2 Å². The molecule has 108 valence electrons. The van der Waals surface area contributed by atoms with Crippen LogP contribution in [-0.2, 0) is 6.42 Å². The Kier molecular flexibility index (Phi) is 5.64. The summed E-state index contributed by atoms with van der Waals surface area (Å²) in [6.45, 7) is 5.26. The highest BCUT2D eigenvalue weighted by molar-refractivity contribution is 9.10. The zero-order valence-corrected chi connectivity index (χ0v) is 14.5. The number of ether oxygens (including phenoxy) is 1. The number of aryl methyl sites for hydroxylation is 1. The third-order valence-corrected chi connectivity index (χ3v) is 5.12. The summed E-state index contributed by atoms with van der Waals surface area (Å²) in [6.07, 6.45) is 0.950. The molecular formula is C16H20BrNOS. The third kappa shape index (κ3) is 3.84. The molecule has 0 amide bonds. The van der Waals surface area contributed by atoms with Gasteiger partial charge in [0.1, 0.15) is 5.75 Å². The molecule has 0 aliphatic carbocycles. The molecular weight excluding hydrogens is 334 g/mol. The molecule has 1 N–H and O–H groups in total. The van der Waals surface area contributed by atoms with Crippen LogP contribution in [0.3, 0.4) is 0 Å². The summed E-state index contributed by atoms with van der Waals surface area (Å²) < 4.78 is 6.46. The molecule has 0 saturated carbocycles. The first-order chi connectivity index (χ1) is 9.63. The van der Waals surface area contributed by atoms with Gasteiger partial charge in [-0.15, -0.1) is 11.3 Å². The summed E-state index contributed by atoms with van der Waals surface area (Å²) in [4.78, 5) is 2.74. The van der Waals surface area contributed by atoms with E-state index in [4.69, 9.17) is 4.74 Å². The Morgan fingerprint density at radius 2 is 2.10 bits per heavy atom. The van der Waals surface area contributed by atoms with E-state index in [9.17, 15) is 0 Å². The Morgan fingerprint density at radius 1 is 1.30 bits per heavy atom. The van der Waals surface area contributed by atoms with Gasteiger partial charge in [0, 0.05) is 20.3 Å². The maximum atomic E-state index is 5.32. The molecule has 0 aliphatic heterocycles. The zero-order valence-electron chi connectivity index (χ0n) is 12.1. The average molecular weight is 354 g/mol. The normalized spacial score (nSPS) is 12.4. The molecule has 0 spiro atoms. The van der Waals surface area contributed by atoms with Crippen molar-refractivity contribution in [2.24, 2.45) is 0 Å². The topological polar surface area (TPSA) is 21.3 Å². The van der Waals surface area contributed by atoms with Gasteiger partial charge in [-0.25, -0.2) is 0 Å². The highest BCUT2D eigenvalue weighted by atomic mass is 79.9. The predicted octanol–water partition coefficient (Wildman–Crippen LogP) is 4.72. The number of thiophene rings is 1. The van der Waals surface area contributed by atoms with Crippen molar-refractivity contribution in [3.8, 4) is 5.75 Å². The van der Waals surface area contributed by atoms with Crippen LogP contribution in [0, 0.1) is 6.92 Å². The van der Waals surface area contributed by atoms with Crippen LogP contribution in [0.25, 0.3) is 0 Å². The lowest BCUT2D eigenvalue weighted by atomic mass is 10.0. The molecule has 2 rings (SSSR count). The van der Waals surface area contributed by atoms with E-state index in [1.807, 2.05) is 17.4 Å². The fraction of sp³-hybridized carbons (Fsp3) is 0.375. The Bertz CT molecular complexity index is 567. The number of likely N-dealkylation sites (N-methyl/N-ethyl adjacent to an activating group) is 1. The maximum Gasteiger partial charge on any atom is 0.119 e. The number of hydrogen-bond acceptors (Lipinski definition) is 3. The molecule has 0 aliphatic rings. The van der Waals surface area contributed by atoms with Gasteiger partial charge in [-0.3, -0.25) is 0 Å². The molecule has 1 heterocycles. The first-order valence-corrected chi connectivity index (χ1v) is 8.37. The summed E-state index contributed by atoms with van der Waals surface area (Å²) in [7, 11) is 1.71. The van der Waals surface area contributed by atoms with Crippen molar-refractivity contribution in [3.63, 3.8) is 0 Å². The fourth-order valence-corrected chi connectivity index (χ4v) is 3.58. The Hall–Kier alpha value is -0.840. The molecule has 0 saturated heterocycles. The minimum Gasteiger partial charge on any atom is -0.497 e. The van der Waals surface area contributed by atoms with Gasteiger partial charge in [0.25, 0.3) is 0 Å². The maximum absolute atomic E-state index is 5.32. The van der Waals surface area contributed by atoms with Crippen LogP contribution in [0.15, 0.2) is 34.8 Å². The van der Waals surface area contributed by atoms with Crippen molar-refractivity contribution in [1.29, 1.82) is 0 Å². The van der Waals surface area contributed by atoms with Crippen LogP contribution in [0.1, 0.15) is 28.3 Å². The van der Waals surface area contributed by atoms with Gasteiger partial charge in [0.2, 0.25) is 0 Å². The van der Waals surface area contributed by atoms with Crippen molar-refractivity contribution in [1.82, 2.24) is 5.32 Å². The fourth-order valence-electron chi connectivity index (χ4n) is 2.21. The van der Waals surface area contributed by atoms with Gasteiger partial charge in [-0.1, -0.05) is 22.9 Å². The summed E-state index contributed by atoms with van der Waals surface area (Å²) in [5, 5.41) is 3.57. The summed E-state index contributed by atoms with van der Waals surface area (Å²) in [6, 6.07) is 10.9. The van der Waals surface area contributed by atoms with E-state index in [1.54, 1.807) is 7.11 Å². The van der Waals surface area contributed by atoms with Crippen LogP contribution < -0.4 is 10.1 Å². The molecule has 20 heavy (non-hydrogen) atoms. The first kappa shape index (κ1) is 15.5. The minimum absolute atomic E-state index is 0.349. The van der Waals surface area contributed by atoms with Crippen molar-refractivity contribution in [3.05, 3.63) is 50.1 Å². The van der Waals surface area contributed by atoms with Crippen LogP contribution >= 0.6 is 27.3 Å². The van der Waals surface area contributed by atoms with E-state index < -0.39 is 0 Å². The highest BCUT2D eigenvalue weighted by Crippen LogP contribution is 2.30. The molecule has 2 aromatic rings. The quantitative estimate of drug-likeness (QED) is 0.810. The lowest BCUT2D eigenvalue weighted by Gasteiger charge is -2.18. The lowest BCUT2D eigenvalue weighted by molar-refractivity contribution is 0.413. The number of rotatable bonds is 6. The third-order valence-electron chi connectivity index (χ3n) is 3.23. The van der Waals surface area contributed by atoms with Gasteiger partial charge < -0.3 is 10.1 Å². The van der Waals surface area contributed by atoms with Gasteiger partial charge in [-0.2, -0.15) is 0 Å². The molecule has 0 radical (unpaired) electrons. The first-order valence-electron chi connectivity index (χ1n) is 6.76. The average Bonchev–Trinajstić information content (AvgIpc) is 2.87. The smallest absolute Gasteiger partial charge is 0.119 e. The molecule has 4 heteroatoms. The Balaban J connectivity index is 2.23. The van der Waals surface area contributed by atoms with Crippen LogP contribution in [0.5, 0.6) is 5.75 Å². The minimum atomic E-state index is 0.349. The van der Waals surface area contributed by atoms with Crippen molar-refractivity contribution in [2.45, 2.75) is 26.3 Å². The molecule has 1 aromatic carbocycles. The van der Waals surface area contributed by atoms with Crippen LogP contribution in [-0.4, -0.2) is 13.7 Å². The van der Waals surface area contributed by atoms with E-state index >= 15 is 0 Å². The standard InChI is InChI=1S/C16H20BrNOS/c1-4-18-15(16-8-5-11(2)20-16)10-12-9-13(19-3)6-7-14(12)17/h5-9,15,18H,4,10H2,1-3H3. The molecule has 0 bridgehead atoms.